The minimum atomic E-state index is -0.446. The molecule has 0 bridgehead atoms. The molecule has 2 aromatic carbocycles. The zero-order valence-corrected chi connectivity index (χ0v) is 22.3. The Morgan fingerprint density at radius 2 is 1.92 bits per heavy atom. The van der Waals surface area contributed by atoms with Gasteiger partial charge in [0.1, 0.15) is 10.8 Å². The molecule has 0 amide bonds. The Balaban J connectivity index is 1.53. The molecule has 6 nitrogen and oxygen atoms in total. The lowest BCUT2D eigenvalue weighted by molar-refractivity contribution is 0.0602. The molecule has 2 N–H and O–H groups in total. The van der Waals surface area contributed by atoms with Crippen molar-refractivity contribution in [2.75, 3.05) is 17.7 Å². The van der Waals surface area contributed by atoms with Crippen LogP contribution < -0.4 is 10.6 Å². The molecule has 0 saturated heterocycles. The number of halogens is 2. The van der Waals surface area contributed by atoms with Crippen LogP contribution in [0.3, 0.4) is 0 Å². The highest BCUT2D eigenvalue weighted by Crippen LogP contribution is 2.31. The van der Waals surface area contributed by atoms with Gasteiger partial charge in [-0.05, 0) is 49.8 Å². The SMILES string of the molecule is COC(=O)c1cc(Cc2ccccc2)sc1NC(=S)Nc1c(C)nn(Cc2c(F)cccc2Cl)c1C. The van der Waals surface area contributed by atoms with Gasteiger partial charge in [0.25, 0.3) is 0 Å². The van der Waals surface area contributed by atoms with E-state index < -0.39 is 5.97 Å². The van der Waals surface area contributed by atoms with Crippen molar-refractivity contribution in [3.8, 4) is 0 Å². The van der Waals surface area contributed by atoms with Gasteiger partial charge < -0.3 is 15.4 Å². The lowest BCUT2D eigenvalue weighted by Crippen LogP contribution is -2.20. The van der Waals surface area contributed by atoms with E-state index in [1.165, 1.54) is 24.5 Å². The Labute approximate surface area is 223 Å². The van der Waals surface area contributed by atoms with Crippen molar-refractivity contribution in [3.05, 3.63) is 98.4 Å². The third-order valence-corrected chi connectivity index (χ3v) is 7.23. The van der Waals surface area contributed by atoms with Gasteiger partial charge in [-0.1, -0.05) is 48.0 Å². The molecule has 0 radical (unpaired) electrons. The van der Waals surface area contributed by atoms with E-state index in [9.17, 15) is 9.18 Å². The zero-order valence-electron chi connectivity index (χ0n) is 19.9. The molecule has 4 rings (SSSR count). The van der Waals surface area contributed by atoms with E-state index in [2.05, 4.69) is 15.7 Å². The fourth-order valence-electron chi connectivity index (χ4n) is 3.79. The summed E-state index contributed by atoms with van der Waals surface area (Å²) in [4.78, 5) is 13.4. The molecule has 0 spiro atoms. The predicted octanol–water partition coefficient (Wildman–Crippen LogP) is 6.59. The number of hydrogen-bond donors (Lipinski definition) is 2. The average molecular weight is 543 g/mol. The second-order valence-electron chi connectivity index (χ2n) is 8.09. The van der Waals surface area contributed by atoms with Crippen LogP contribution in [0.25, 0.3) is 0 Å². The number of nitrogens with zero attached hydrogens (tertiary/aromatic N) is 2. The number of methoxy groups -OCH3 is 1. The molecule has 0 aliphatic rings. The van der Waals surface area contributed by atoms with Crippen LogP contribution in [0.4, 0.5) is 15.1 Å². The van der Waals surface area contributed by atoms with Crippen molar-refractivity contribution in [1.82, 2.24) is 9.78 Å². The summed E-state index contributed by atoms with van der Waals surface area (Å²) in [6, 6.07) is 16.4. The van der Waals surface area contributed by atoms with Crippen LogP contribution in [-0.2, 0) is 17.7 Å². The van der Waals surface area contributed by atoms with Gasteiger partial charge >= 0.3 is 5.97 Å². The molecule has 36 heavy (non-hydrogen) atoms. The summed E-state index contributed by atoms with van der Waals surface area (Å²) in [5, 5.41) is 12.1. The molecular weight excluding hydrogens is 519 g/mol. The fraction of sp³-hybridized carbons (Fsp3) is 0.192. The molecule has 0 fully saturated rings. The van der Waals surface area contributed by atoms with Gasteiger partial charge in [-0.25, -0.2) is 9.18 Å². The second-order valence-corrected chi connectivity index (χ2v) is 10.0. The number of anilines is 2. The third kappa shape index (κ3) is 5.75. The van der Waals surface area contributed by atoms with Gasteiger partial charge in [0.15, 0.2) is 5.11 Å². The Bertz CT molecular complexity index is 1400. The number of rotatable bonds is 7. The van der Waals surface area contributed by atoms with Gasteiger partial charge in [-0.3, -0.25) is 4.68 Å². The minimum absolute atomic E-state index is 0.181. The summed E-state index contributed by atoms with van der Waals surface area (Å²) in [5.74, 6) is -0.834. The average Bonchev–Trinajstić information content (AvgIpc) is 3.36. The maximum Gasteiger partial charge on any atom is 0.340 e. The molecule has 10 heteroatoms. The first kappa shape index (κ1) is 25.8. The Morgan fingerprint density at radius 3 is 2.61 bits per heavy atom. The Kier molecular flexibility index (Phi) is 8.03. The van der Waals surface area contributed by atoms with Gasteiger partial charge in [-0.15, -0.1) is 11.3 Å². The first-order valence-electron chi connectivity index (χ1n) is 11.1. The Morgan fingerprint density at radius 1 is 1.17 bits per heavy atom. The van der Waals surface area contributed by atoms with Crippen LogP contribution in [0, 0.1) is 19.7 Å². The highest BCUT2D eigenvalue weighted by atomic mass is 35.5. The van der Waals surface area contributed by atoms with E-state index in [4.69, 9.17) is 28.6 Å². The molecule has 2 heterocycles. The highest BCUT2D eigenvalue weighted by Gasteiger charge is 2.20. The standard InChI is InChI=1S/C26H24ClFN4O2S2/c1-15-23(16(2)32(31-15)14-20-21(27)10-7-11-22(20)28)29-26(35)30-24-19(25(33)34-3)13-18(36-24)12-17-8-5-4-6-9-17/h4-11,13H,12,14H2,1-3H3,(H2,29,30,35). The van der Waals surface area contributed by atoms with E-state index in [-0.39, 0.29) is 12.4 Å². The Hall–Kier alpha value is -3.27. The summed E-state index contributed by atoms with van der Waals surface area (Å²) >= 11 is 13.2. The number of nitrogens with one attached hydrogen (secondary N) is 2. The van der Waals surface area contributed by atoms with Crippen LogP contribution in [0.2, 0.25) is 5.02 Å². The predicted molar refractivity (Wildman–Crippen MR) is 147 cm³/mol. The van der Waals surface area contributed by atoms with Crippen LogP contribution in [0.5, 0.6) is 0 Å². The van der Waals surface area contributed by atoms with Crippen molar-refractivity contribution in [2.45, 2.75) is 26.8 Å². The first-order valence-corrected chi connectivity index (χ1v) is 12.7. The lowest BCUT2D eigenvalue weighted by atomic mass is 10.1. The lowest BCUT2D eigenvalue weighted by Gasteiger charge is -2.12. The maximum atomic E-state index is 14.3. The van der Waals surface area contributed by atoms with Crippen LogP contribution in [0.1, 0.15) is 37.7 Å². The molecule has 0 unspecified atom stereocenters. The largest absolute Gasteiger partial charge is 0.465 e. The fourth-order valence-corrected chi connectivity index (χ4v) is 5.37. The normalized spacial score (nSPS) is 10.8. The van der Waals surface area contributed by atoms with Crippen molar-refractivity contribution in [2.24, 2.45) is 0 Å². The van der Waals surface area contributed by atoms with Crippen molar-refractivity contribution < 1.29 is 13.9 Å². The summed E-state index contributed by atoms with van der Waals surface area (Å²) in [5.41, 5.74) is 4.06. The number of benzene rings is 2. The molecule has 186 valence electrons. The maximum absolute atomic E-state index is 14.3. The molecule has 0 aliphatic carbocycles. The topological polar surface area (TPSA) is 68.2 Å². The summed E-state index contributed by atoms with van der Waals surface area (Å²) in [6.07, 6.45) is 0.682. The molecule has 0 aliphatic heterocycles. The third-order valence-electron chi connectivity index (χ3n) is 5.63. The number of aromatic nitrogens is 2. The smallest absolute Gasteiger partial charge is 0.340 e. The molecule has 0 atom stereocenters. The van der Waals surface area contributed by atoms with Crippen LogP contribution >= 0.6 is 35.2 Å². The monoisotopic (exact) mass is 542 g/mol. The number of esters is 1. The molecule has 4 aromatic rings. The summed E-state index contributed by atoms with van der Waals surface area (Å²) in [7, 11) is 1.35. The second kappa shape index (κ2) is 11.2. The number of carbonyl (C=O) groups excluding carboxylic acids is 1. The van der Waals surface area contributed by atoms with Gasteiger partial charge in [0.05, 0.1) is 36.3 Å². The molecular formula is C26H24ClFN4O2S2. The van der Waals surface area contributed by atoms with Crippen LogP contribution in [-0.4, -0.2) is 28.0 Å². The number of hydrogen-bond acceptors (Lipinski definition) is 5. The number of thiocarbonyl (C=S) groups is 1. The first-order chi connectivity index (χ1) is 17.3. The van der Waals surface area contributed by atoms with Crippen molar-refractivity contribution >= 4 is 56.9 Å². The van der Waals surface area contributed by atoms with Gasteiger partial charge in [0.2, 0.25) is 0 Å². The summed E-state index contributed by atoms with van der Waals surface area (Å²) in [6.45, 7) is 3.88. The summed E-state index contributed by atoms with van der Waals surface area (Å²) < 4.78 is 20.9. The van der Waals surface area contributed by atoms with Gasteiger partial charge in [0, 0.05) is 21.9 Å². The number of carbonyl (C=O) groups is 1. The highest BCUT2D eigenvalue weighted by molar-refractivity contribution is 7.80. The number of aryl methyl sites for hydroxylation is 1. The van der Waals surface area contributed by atoms with E-state index in [0.717, 1.165) is 16.1 Å². The zero-order chi connectivity index (χ0) is 25.8. The van der Waals surface area contributed by atoms with Crippen LogP contribution in [0.15, 0.2) is 54.6 Å². The van der Waals surface area contributed by atoms with E-state index in [1.807, 2.05) is 50.2 Å². The van der Waals surface area contributed by atoms with E-state index >= 15 is 0 Å². The minimum Gasteiger partial charge on any atom is -0.465 e. The number of ether oxygens (including phenoxy) is 1. The van der Waals surface area contributed by atoms with Gasteiger partial charge in [-0.2, -0.15) is 5.10 Å². The number of thiophene rings is 1. The quantitative estimate of drug-likeness (QED) is 0.203. The molecule has 2 aromatic heterocycles. The van der Waals surface area contributed by atoms with E-state index in [0.29, 0.717) is 44.1 Å². The van der Waals surface area contributed by atoms with Crippen molar-refractivity contribution in [1.29, 1.82) is 0 Å². The molecule has 0 saturated carbocycles. The van der Waals surface area contributed by atoms with Crippen molar-refractivity contribution in [3.63, 3.8) is 0 Å². The van der Waals surface area contributed by atoms with E-state index in [1.54, 1.807) is 16.8 Å².